The van der Waals surface area contributed by atoms with Gasteiger partial charge in [-0.3, -0.25) is 4.79 Å². The third-order valence-electron chi connectivity index (χ3n) is 5.53. The summed E-state index contributed by atoms with van der Waals surface area (Å²) in [7, 11) is -2.00. The van der Waals surface area contributed by atoms with Gasteiger partial charge in [-0.25, -0.2) is 8.42 Å². The van der Waals surface area contributed by atoms with E-state index in [2.05, 4.69) is 5.32 Å². The molecule has 1 unspecified atom stereocenters. The molecule has 7 heteroatoms. The summed E-state index contributed by atoms with van der Waals surface area (Å²) in [5, 5.41) is 3.01. The summed E-state index contributed by atoms with van der Waals surface area (Å²) in [5.41, 5.74) is 1.23. The van der Waals surface area contributed by atoms with Gasteiger partial charge in [-0.2, -0.15) is 4.31 Å². The van der Waals surface area contributed by atoms with Crippen LogP contribution >= 0.6 is 0 Å². The molecule has 0 spiro atoms. The van der Waals surface area contributed by atoms with Crippen LogP contribution in [0, 0.1) is 0 Å². The van der Waals surface area contributed by atoms with Crippen LogP contribution in [0.4, 0.5) is 0 Å². The standard InChI is InChI=1S/C23H30N2O4S/c1-3-21(20-13-6-7-14-22(20)29-2)24-23(26)18-11-10-12-19(17-18)30(27,28)25-15-8-4-5-9-16-25/h6-7,10-14,17,21H,3-5,8-9,15-16H2,1-2H3,(H,24,26). The van der Waals surface area contributed by atoms with Crippen LogP contribution in [-0.2, 0) is 10.0 Å². The highest BCUT2D eigenvalue weighted by atomic mass is 32.2. The Morgan fingerprint density at radius 1 is 1.07 bits per heavy atom. The normalized spacial score (nSPS) is 16.5. The van der Waals surface area contributed by atoms with E-state index < -0.39 is 10.0 Å². The minimum absolute atomic E-state index is 0.169. The number of sulfonamides is 1. The second kappa shape index (κ2) is 10.1. The minimum atomic E-state index is -3.60. The zero-order valence-electron chi connectivity index (χ0n) is 17.6. The summed E-state index contributed by atoms with van der Waals surface area (Å²) in [5.74, 6) is 0.405. The molecule has 0 aromatic heterocycles. The van der Waals surface area contributed by atoms with Gasteiger partial charge in [0.05, 0.1) is 18.0 Å². The van der Waals surface area contributed by atoms with Crippen molar-refractivity contribution in [3.8, 4) is 5.75 Å². The molecule has 1 aliphatic heterocycles. The minimum Gasteiger partial charge on any atom is -0.496 e. The van der Waals surface area contributed by atoms with Crippen LogP contribution in [0.5, 0.6) is 5.75 Å². The van der Waals surface area contributed by atoms with Crippen LogP contribution in [0.15, 0.2) is 53.4 Å². The van der Waals surface area contributed by atoms with Crippen molar-refractivity contribution in [2.75, 3.05) is 20.2 Å². The molecule has 1 heterocycles. The fraction of sp³-hybridized carbons (Fsp3) is 0.435. The van der Waals surface area contributed by atoms with Crippen molar-refractivity contribution in [3.63, 3.8) is 0 Å². The van der Waals surface area contributed by atoms with Crippen molar-refractivity contribution < 1.29 is 17.9 Å². The molecule has 30 heavy (non-hydrogen) atoms. The number of rotatable bonds is 7. The van der Waals surface area contributed by atoms with E-state index in [-0.39, 0.29) is 16.8 Å². The van der Waals surface area contributed by atoms with Gasteiger partial charge >= 0.3 is 0 Å². The molecule has 2 aromatic rings. The van der Waals surface area contributed by atoms with Crippen LogP contribution in [0.3, 0.4) is 0 Å². The van der Waals surface area contributed by atoms with Gasteiger partial charge in [0.25, 0.3) is 5.91 Å². The molecule has 0 bridgehead atoms. The van der Waals surface area contributed by atoms with Gasteiger partial charge in [-0.1, -0.05) is 44.0 Å². The molecule has 0 saturated carbocycles. The lowest BCUT2D eigenvalue weighted by Crippen LogP contribution is -2.32. The summed E-state index contributed by atoms with van der Waals surface area (Å²) < 4.78 is 33.1. The van der Waals surface area contributed by atoms with Crippen molar-refractivity contribution in [3.05, 3.63) is 59.7 Å². The summed E-state index contributed by atoms with van der Waals surface area (Å²) >= 11 is 0. The molecule has 1 saturated heterocycles. The van der Waals surface area contributed by atoms with Gasteiger partial charge in [-0.05, 0) is 43.5 Å². The molecule has 0 radical (unpaired) electrons. The second-order valence-corrected chi connectivity index (χ2v) is 9.46. The summed E-state index contributed by atoms with van der Waals surface area (Å²) in [6, 6.07) is 13.6. The molecule has 3 rings (SSSR count). The average molecular weight is 431 g/mol. The number of hydrogen-bond acceptors (Lipinski definition) is 4. The molecule has 2 aromatic carbocycles. The van der Waals surface area contributed by atoms with Crippen molar-refractivity contribution in [1.29, 1.82) is 0 Å². The monoisotopic (exact) mass is 430 g/mol. The van der Waals surface area contributed by atoms with Gasteiger partial charge in [0, 0.05) is 24.2 Å². The van der Waals surface area contributed by atoms with Gasteiger partial charge in [0.1, 0.15) is 5.75 Å². The number of nitrogens with one attached hydrogen (secondary N) is 1. The van der Waals surface area contributed by atoms with Crippen LogP contribution in [-0.4, -0.2) is 38.8 Å². The smallest absolute Gasteiger partial charge is 0.251 e. The van der Waals surface area contributed by atoms with Crippen LogP contribution in [0.25, 0.3) is 0 Å². The van der Waals surface area contributed by atoms with Gasteiger partial charge in [0.2, 0.25) is 10.0 Å². The Balaban J connectivity index is 1.81. The number of carbonyl (C=O) groups is 1. The molecule has 0 aliphatic carbocycles. The Bertz CT molecular complexity index is 967. The van der Waals surface area contributed by atoms with Gasteiger partial charge in [0.15, 0.2) is 0 Å². The number of benzene rings is 2. The van der Waals surface area contributed by atoms with Crippen molar-refractivity contribution in [2.24, 2.45) is 0 Å². The van der Waals surface area contributed by atoms with E-state index >= 15 is 0 Å². The predicted molar refractivity (Wildman–Crippen MR) is 117 cm³/mol. The van der Waals surface area contributed by atoms with Crippen molar-refractivity contribution in [2.45, 2.75) is 50.0 Å². The molecular weight excluding hydrogens is 400 g/mol. The highest BCUT2D eigenvalue weighted by molar-refractivity contribution is 7.89. The zero-order chi connectivity index (χ0) is 21.6. The van der Waals surface area contributed by atoms with E-state index in [9.17, 15) is 13.2 Å². The first-order valence-electron chi connectivity index (χ1n) is 10.5. The van der Waals surface area contributed by atoms with E-state index in [1.54, 1.807) is 29.6 Å². The number of ether oxygens (including phenoxy) is 1. The molecule has 1 aliphatic rings. The number of para-hydroxylation sites is 1. The number of hydrogen-bond donors (Lipinski definition) is 1. The fourth-order valence-electron chi connectivity index (χ4n) is 3.82. The van der Waals surface area contributed by atoms with Gasteiger partial charge < -0.3 is 10.1 Å². The number of carbonyl (C=O) groups excluding carboxylic acids is 1. The SMILES string of the molecule is CCC(NC(=O)c1cccc(S(=O)(=O)N2CCCCCC2)c1)c1ccccc1OC. The van der Waals surface area contributed by atoms with Crippen molar-refractivity contribution >= 4 is 15.9 Å². The summed E-state index contributed by atoms with van der Waals surface area (Å²) in [4.78, 5) is 13.1. The van der Waals surface area contributed by atoms with Gasteiger partial charge in [-0.15, -0.1) is 0 Å². The van der Waals surface area contributed by atoms with E-state index in [0.717, 1.165) is 31.2 Å². The quantitative estimate of drug-likeness (QED) is 0.716. The zero-order valence-corrected chi connectivity index (χ0v) is 18.5. The number of amides is 1. The topological polar surface area (TPSA) is 75.7 Å². The Kier molecular flexibility index (Phi) is 7.50. The van der Waals surface area contributed by atoms with E-state index in [1.807, 2.05) is 31.2 Å². The predicted octanol–water partition coefficient (Wildman–Crippen LogP) is 4.14. The van der Waals surface area contributed by atoms with E-state index in [4.69, 9.17) is 4.74 Å². The van der Waals surface area contributed by atoms with E-state index in [0.29, 0.717) is 30.8 Å². The summed E-state index contributed by atoms with van der Waals surface area (Å²) in [6.07, 6.45) is 4.52. The first-order chi connectivity index (χ1) is 14.5. The molecular formula is C23H30N2O4S. The first kappa shape index (κ1) is 22.3. The highest BCUT2D eigenvalue weighted by Gasteiger charge is 2.26. The Morgan fingerprint density at radius 2 is 1.77 bits per heavy atom. The van der Waals surface area contributed by atoms with Crippen LogP contribution < -0.4 is 10.1 Å². The number of nitrogens with zero attached hydrogens (tertiary/aromatic N) is 1. The first-order valence-corrected chi connectivity index (χ1v) is 12.0. The molecule has 6 nitrogen and oxygen atoms in total. The third-order valence-corrected chi connectivity index (χ3v) is 7.42. The Morgan fingerprint density at radius 3 is 2.43 bits per heavy atom. The largest absolute Gasteiger partial charge is 0.496 e. The molecule has 162 valence electrons. The maximum atomic E-state index is 13.1. The molecule has 1 amide bonds. The second-order valence-electron chi connectivity index (χ2n) is 7.52. The molecule has 1 fully saturated rings. The third kappa shape index (κ3) is 5.02. The highest BCUT2D eigenvalue weighted by Crippen LogP contribution is 2.27. The van der Waals surface area contributed by atoms with Crippen molar-refractivity contribution in [1.82, 2.24) is 9.62 Å². The van der Waals surface area contributed by atoms with E-state index in [1.165, 1.54) is 6.07 Å². The number of methoxy groups -OCH3 is 1. The fourth-order valence-corrected chi connectivity index (χ4v) is 5.39. The Hall–Kier alpha value is -2.38. The maximum Gasteiger partial charge on any atom is 0.251 e. The lowest BCUT2D eigenvalue weighted by molar-refractivity contribution is 0.0935. The van der Waals surface area contributed by atoms with Crippen LogP contribution in [0.2, 0.25) is 0 Å². The molecule has 1 N–H and O–H groups in total. The lowest BCUT2D eigenvalue weighted by atomic mass is 10.0. The average Bonchev–Trinajstić information content (AvgIpc) is 3.07. The van der Waals surface area contributed by atoms with Crippen LogP contribution in [0.1, 0.15) is 61.0 Å². The lowest BCUT2D eigenvalue weighted by Gasteiger charge is -2.21. The summed E-state index contributed by atoms with van der Waals surface area (Å²) in [6.45, 7) is 3.05. The maximum absolute atomic E-state index is 13.1. The molecule has 1 atom stereocenters. The Labute approximate surface area is 179 Å².